The molecule has 0 saturated heterocycles. The van der Waals surface area contributed by atoms with Crippen molar-refractivity contribution >= 4 is 17.8 Å². The summed E-state index contributed by atoms with van der Waals surface area (Å²) in [6, 6.07) is 5.25. The van der Waals surface area contributed by atoms with Gasteiger partial charge >= 0.3 is 5.97 Å². The minimum absolute atomic E-state index is 0.000870. The highest BCUT2D eigenvalue weighted by Crippen LogP contribution is 2.27. The molecule has 0 radical (unpaired) electrons. The summed E-state index contributed by atoms with van der Waals surface area (Å²) in [4.78, 5) is 21.7. The van der Waals surface area contributed by atoms with E-state index >= 15 is 0 Å². The van der Waals surface area contributed by atoms with Crippen molar-refractivity contribution in [1.82, 2.24) is 0 Å². The van der Waals surface area contributed by atoms with Gasteiger partial charge in [0.15, 0.2) is 17.3 Å². The van der Waals surface area contributed by atoms with Gasteiger partial charge in [-0.15, -0.1) is 0 Å². The molecule has 5 heteroatoms. The normalized spacial score (nSPS) is 10.4. The minimum atomic E-state index is -0.979. The molecule has 0 aliphatic carbocycles. The molecule has 0 heterocycles. The molecule has 19 heavy (non-hydrogen) atoms. The van der Waals surface area contributed by atoms with E-state index in [0.717, 1.165) is 5.56 Å². The number of ether oxygens (including phenoxy) is 2. The highest BCUT2D eigenvalue weighted by atomic mass is 16.5. The van der Waals surface area contributed by atoms with E-state index in [0.29, 0.717) is 11.5 Å². The maximum Gasteiger partial charge on any atom is 0.303 e. The average Bonchev–Trinajstić information content (AvgIpc) is 2.42. The van der Waals surface area contributed by atoms with E-state index < -0.39 is 5.97 Å². The third kappa shape index (κ3) is 4.83. The summed E-state index contributed by atoms with van der Waals surface area (Å²) in [5.74, 6) is -0.0236. The molecule has 0 amide bonds. The van der Waals surface area contributed by atoms with Crippen molar-refractivity contribution in [2.45, 2.75) is 12.8 Å². The molecule has 1 aromatic rings. The van der Waals surface area contributed by atoms with Crippen LogP contribution >= 0.6 is 0 Å². The smallest absolute Gasteiger partial charge is 0.303 e. The summed E-state index contributed by atoms with van der Waals surface area (Å²) in [5.41, 5.74) is 0.779. The van der Waals surface area contributed by atoms with Crippen molar-refractivity contribution < 1.29 is 24.2 Å². The first-order chi connectivity index (χ1) is 9.06. The molecule has 0 aliphatic heterocycles. The second-order valence-corrected chi connectivity index (χ2v) is 3.81. The summed E-state index contributed by atoms with van der Waals surface area (Å²) in [6.07, 6.45) is 2.82. The third-order valence-electron chi connectivity index (χ3n) is 2.45. The first-order valence-electron chi connectivity index (χ1n) is 5.71. The lowest BCUT2D eigenvalue weighted by Crippen LogP contribution is -2.00. The largest absolute Gasteiger partial charge is 0.493 e. The number of carboxylic acids is 1. The standard InChI is InChI=1S/C14H16O5/c1-18-12-7-4-10(9-13(12)19-2)3-5-11(15)6-8-14(16)17/h3-5,7,9H,6,8H2,1-2H3,(H,16,17). The molecule has 0 bridgehead atoms. The zero-order valence-corrected chi connectivity index (χ0v) is 10.9. The van der Waals surface area contributed by atoms with Crippen LogP contribution in [0.1, 0.15) is 18.4 Å². The Kier molecular flexibility index (Phi) is 5.60. The minimum Gasteiger partial charge on any atom is -0.493 e. The van der Waals surface area contributed by atoms with Crippen molar-refractivity contribution in [1.29, 1.82) is 0 Å². The number of ketones is 1. The predicted molar refractivity (Wildman–Crippen MR) is 70.5 cm³/mol. The first-order valence-corrected chi connectivity index (χ1v) is 5.71. The maximum atomic E-state index is 11.4. The Bertz CT molecular complexity index is 491. The van der Waals surface area contributed by atoms with Crippen molar-refractivity contribution in [2.75, 3.05) is 14.2 Å². The van der Waals surface area contributed by atoms with Crippen LogP contribution in [-0.2, 0) is 9.59 Å². The number of rotatable bonds is 7. The van der Waals surface area contributed by atoms with Crippen LogP contribution in [0, 0.1) is 0 Å². The van der Waals surface area contributed by atoms with E-state index in [1.807, 2.05) is 0 Å². The molecule has 1 N–H and O–H groups in total. The number of hydrogen-bond donors (Lipinski definition) is 1. The molecule has 1 aromatic carbocycles. The Morgan fingerprint density at radius 2 is 1.84 bits per heavy atom. The van der Waals surface area contributed by atoms with Crippen LogP contribution in [0.2, 0.25) is 0 Å². The van der Waals surface area contributed by atoms with Crippen LogP contribution in [0.15, 0.2) is 24.3 Å². The monoisotopic (exact) mass is 264 g/mol. The number of benzene rings is 1. The fourth-order valence-corrected chi connectivity index (χ4v) is 1.46. The summed E-state index contributed by atoms with van der Waals surface area (Å²) in [5, 5.41) is 8.47. The van der Waals surface area contributed by atoms with Crippen molar-refractivity contribution in [3.05, 3.63) is 29.8 Å². The molecule has 0 aliphatic rings. The van der Waals surface area contributed by atoms with Gasteiger partial charge in [0.1, 0.15) is 0 Å². The Morgan fingerprint density at radius 1 is 1.16 bits per heavy atom. The maximum absolute atomic E-state index is 11.4. The fourth-order valence-electron chi connectivity index (χ4n) is 1.46. The molecule has 0 unspecified atom stereocenters. The number of allylic oxidation sites excluding steroid dienone is 1. The molecule has 0 aromatic heterocycles. The van der Waals surface area contributed by atoms with Gasteiger partial charge < -0.3 is 14.6 Å². The van der Waals surface area contributed by atoms with Crippen molar-refractivity contribution in [3.63, 3.8) is 0 Å². The quantitative estimate of drug-likeness (QED) is 0.764. The van der Waals surface area contributed by atoms with Gasteiger partial charge in [-0.1, -0.05) is 12.1 Å². The van der Waals surface area contributed by atoms with Crippen LogP contribution < -0.4 is 9.47 Å². The van der Waals surface area contributed by atoms with Crippen LogP contribution in [0.25, 0.3) is 6.08 Å². The van der Waals surface area contributed by atoms with E-state index in [1.54, 1.807) is 31.4 Å². The lowest BCUT2D eigenvalue weighted by molar-refractivity contribution is -0.138. The van der Waals surface area contributed by atoms with Crippen molar-refractivity contribution in [3.8, 4) is 11.5 Å². The van der Waals surface area contributed by atoms with Gasteiger partial charge in [0.2, 0.25) is 0 Å². The van der Waals surface area contributed by atoms with Gasteiger partial charge in [-0.05, 0) is 23.8 Å². The third-order valence-corrected chi connectivity index (χ3v) is 2.45. The van der Waals surface area contributed by atoms with Gasteiger partial charge in [-0.25, -0.2) is 0 Å². The van der Waals surface area contributed by atoms with E-state index in [2.05, 4.69) is 0 Å². The van der Waals surface area contributed by atoms with E-state index in [1.165, 1.54) is 13.2 Å². The average molecular weight is 264 g/mol. The predicted octanol–water partition coefficient (Wildman–Crippen LogP) is 2.15. The summed E-state index contributed by atoms with van der Waals surface area (Å²) in [6.45, 7) is 0. The van der Waals surface area contributed by atoms with Crippen LogP contribution in [0.3, 0.4) is 0 Å². The number of hydrogen-bond acceptors (Lipinski definition) is 4. The lowest BCUT2D eigenvalue weighted by Gasteiger charge is -2.07. The second-order valence-electron chi connectivity index (χ2n) is 3.81. The highest BCUT2D eigenvalue weighted by Gasteiger charge is 2.04. The summed E-state index contributed by atoms with van der Waals surface area (Å²) in [7, 11) is 3.08. The molecule has 0 fully saturated rings. The van der Waals surface area contributed by atoms with Crippen molar-refractivity contribution in [2.24, 2.45) is 0 Å². The van der Waals surface area contributed by atoms with E-state index in [-0.39, 0.29) is 18.6 Å². The van der Waals surface area contributed by atoms with Crippen LogP contribution in [0.5, 0.6) is 11.5 Å². The van der Waals surface area contributed by atoms with Gasteiger partial charge in [-0.2, -0.15) is 0 Å². The number of carbonyl (C=O) groups is 2. The van der Waals surface area contributed by atoms with E-state index in [4.69, 9.17) is 14.6 Å². The van der Waals surface area contributed by atoms with Crippen LogP contribution in [-0.4, -0.2) is 31.1 Å². The number of carboxylic acid groups (broad SMARTS) is 1. The molecular formula is C14H16O5. The number of methoxy groups -OCH3 is 2. The zero-order chi connectivity index (χ0) is 14.3. The molecule has 5 nitrogen and oxygen atoms in total. The Balaban J connectivity index is 2.71. The van der Waals surface area contributed by atoms with E-state index in [9.17, 15) is 9.59 Å². The van der Waals surface area contributed by atoms with Gasteiger partial charge in [-0.3, -0.25) is 9.59 Å². The Labute approximate surface area is 111 Å². The zero-order valence-electron chi connectivity index (χ0n) is 10.9. The van der Waals surface area contributed by atoms with Gasteiger partial charge in [0.25, 0.3) is 0 Å². The van der Waals surface area contributed by atoms with Gasteiger partial charge in [0, 0.05) is 6.42 Å². The molecule has 0 saturated carbocycles. The second kappa shape index (κ2) is 7.20. The molecular weight excluding hydrogens is 248 g/mol. The molecule has 0 atom stereocenters. The van der Waals surface area contributed by atoms with Crippen LogP contribution in [0.4, 0.5) is 0 Å². The lowest BCUT2D eigenvalue weighted by atomic mass is 10.1. The first kappa shape index (κ1) is 14.8. The SMILES string of the molecule is COc1ccc(C=CC(=O)CCC(=O)O)cc1OC. The topological polar surface area (TPSA) is 72.8 Å². The van der Waals surface area contributed by atoms with Gasteiger partial charge in [0.05, 0.1) is 20.6 Å². The molecule has 102 valence electrons. The summed E-state index contributed by atoms with van der Waals surface area (Å²) >= 11 is 0. The number of carbonyl (C=O) groups excluding carboxylic acids is 1. The Hall–Kier alpha value is -2.30. The summed E-state index contributed by atoms with van der Waals surface area (Å²) < 4.78 is 10.2. The fraction of sp³-hybridized carbons (Fsp3) is 0.286. The number of aliphatic carboxylic acids is 1. The Morgan fingerprint density at radius 3 is 2.42 bits per heavy atom. The molecule has 1 rings (SSSR count). The highest BCUT2D eigenvalue weighted by molar-refractivity contribution is 5.95. The molecule has 0 spiro atoms.